The van der Waals surface area contributed by atoms with Crippen LogP contribution >= 0.6 is 12.6 Å². The summed E-state index contributed by atoms with van der Waals surface area (Å²) in [5.74, 6) is -0.191. The van der Waals surface area contributed by atoms with Crippen molar-refractivity contribution in [2.75, 3.05) is 0 Å². The van der Waals surface area contributed by atoms with Crippen molar-refractivity contribution < 1.29 is 4.39 Å². The van der Waals surface area contributed by atoms with Crippen LogP contribution in [0.1, 0.15) is 5.56 Å². The molecule has 0 aliphatic carbocycles. The highest BCUT2D eigenvalue weighted by molar-refractivity contribution is 7.80. The van der Waals surface area contributed by atoms with Crippen LogP contribution in [0.3, 0.4) is 0 Å². The average molecular weight is 141 g/mol. The molecule has 0 heterocycles. The number of hydrogen-bond donors (Lipinski definition) is 0. The molecule has 1 aromatic rings. The molecule has 1 radical (unpaired) electrons. The minimum absolute atomic E-state index is 0.191. The molecule has 0 spiro atoms. The molecule has 0 unspecified atom stereocenters. The highest BCUT2D eigenvalue weighted by Gasteiger charge is 1.94. The molecule has 9 heavy (non-hydrogen) atoms. The largest absolute Gasteiger partial charge is 0.207 e. The Kier molecular flexibility index (Phi) is 1.67. The average Bonchev–Trinajstić information content (AvgIpc) is 1.80. The first kappa shape index (κ1) is 6.49. The summed E-state index contributed by atoms with van der Waals surface area (Å²) in [5.41, 5.74) is 0.613. The summed E-state index contributed by atoms with van der Waals surface area (Å²) in [4.78, 5) is 0.689. The van der Waals surface area contributed by atoms with Crippen LogP contribution in [0.5, 0.6) is 0 Å². The van der Waals surface area contributed by atoms with E-state index in [1.165, 1.54) is 6.07 Å². The van der Waals surface area contributed by atoms with Gasteiger partial charge in [0.05, 0.1) is 0 Å². The van der Waals surface area contributed by atoms with Crippen LogP contribution in [-0.4, -0.2) is 0 Å². The maximum absolute atomic E-state index is 12.5. The fourth-order valence-electron chi connectivity index (χ4n) is 0.617. The standard InChI is InChI=1S/C7H6FS/c1-5-4-6(9)2-3-7(5)8/h2-4H,1H3. The highest BCUT2D eigenvalue weighted by Crippen LogP contribution is 2.11. The third kappa shape index (κ3) is 1.39. The summed E-state index contributed by atoms with van der Waals surface area (Å²) in [6.07, 6.45) is 0. The molecule has 47 valence electrons. The Bertz CT molecular complexity index is 220. The summed E-state index contributed by atoms with van der Waals surface area (Å²) in [6.45, 7) is 1.70. The molecule has 0 nitrogen and oxygen atoms in total. The molecular formula is C7H6FS. The Balaban J connectivity index is 3.17. The van der Waals surface area contributed by atoms with Crippen molar-refractivity contribution in [2.24, 2.45) is 0 Å². The monoisotopic (exact) mass is 141 g/mol. The topological polar surface area (TPSA) is 0 Å². The van der Waals surface area contributed by atoms with Crippen molar-refractivity contribution in [3.05, 3.63) is 29.6 Å². The van der Waals surface area contributed by atoms with Crippen LogP contribution in [-0.2, 0) is 0 Å². The van der Waals surface area contributed by atoms with E-state index >= 15 is 0 Å². The van der Waals surface area contributed by atoms with E-state index in [0.717, 1.165) is 0 Å². The molecule has 1 aromatic carbocycles. The van der Waals surface area contributed by atoms with Gasteiger partial charge in [0.2, 0.25) is 0 Å². The molecule has 0 saturated carbocycles. The first-order valence-corrected chi connectivity index (χ1v) is 3.04. The summed E-state index contributed by atoms with van der Waals surface area (Å²) in [5, 5.41) is 0. The Morgan fingerprint density at radius 3 is 2.56 bits per heavy atom. The van der Waals surface area contributed by atoms with E-state index in [0.29, 0.717) is 10.5 Å². The molecule has 0 aliphatic rings. The Hall–Kier alpha value is -0.630. The molecule has 0 saturated heterocycles. The number of halogens is 1. The van der Waals surface area contributed by atoms with Gasteiger partial charge in [-0.1, -0.05) is 12.6 Å². The van der Waals surface area contributed by atoms with E-state index in [-0.39, 0.29) is 5.82 Å². The van der Waals surface area contributed by atoms with Gasteiger partial charge in [-0.3, -0.25) is 0 Å². The predicted octanol–water partition coefficient (Wildman–Crippen LogP) is 2.69. The second-order valence-corrected chi connectivity index (χ2v) is 2.38. The second kappa shape index (κ2) is 2.31. The fourth-order valence-corrected chi connectivity index (χ4v) is 0.862. The zero-order valence-electron chi connectivity index (χ0n) is 5.02. The molecular weight excluding hydrogens is 135 g/mol. The molecule has 1 rings (SSSR count). The quantitative estimate of drug-likeness (QED) is 0.521. The summed E-state index contributed by atoms with van der Waals surface area (Å²) < 4.78 is 12.5. The summed E-state index contributed by atoms with van der Waals surface area (Å²) >= 11 is 4.79. The lowest BCUT2D eigenvalue weighted by Crippen LogP contribution is -1.79. The molecule has 0 bridgehead atoms. The minimum atomic E-state index is -0.191. The van der Waals surface area contributed by atoms with E-state index in [2.05, 4.69) is 0 Å². The predicted molar refractivity (Wildman–Crippen MR) is 37.0 cm³/mol. The lowest BCUT2D eigenvalue weighted by Gasteiger charge is -1.93. The van der Waals surface area contributed by atoms with Gasteiger partial charge in [0.1, 0.15) is 5.82 Å². The van der Waals surface area contributed by atoms with Crippen LogP contribution in [0.4, 0.5) is 4.39 Å². The Morgan fingerprint density at radius 1 is 1.44 bits per heavy atom. The maximum Gasteiger partial charge on any atom is 0.126 e. The van der Waals surface area contributed by atoms with Gasteiger partial charge in [-0.15, -0.1) is 0 Å². The van der Waals surface area contributed by atoms with E-state index in [1.54, 1.807) is 19.1 Å². The van der Waals surface area contributed by atoms with Crippen LogP contribution in [0.15, 0.2) is 23.1 Å². The van der Waals surface area contributed by atoms with E-state index in [9.17, 15) is 4.39 Å². The van der Waals surface area contributed by atoms with Crippen molar-refractivity contribution >= 4 is 12.6 Å². The van der Waals surface area contributed by atoms with Gasteiger partial charge < -0.3 is 0 Å². The first-order chi connectivity index (χ1) is 4.20. The second-order valence-electron chi connectivity index (χ2n) is 1.91. The molecule has 0 atom stereocenters. The zero-order valence-corrected chi connectivity index (χ0v) is 5.83. The molecule has 0 fully saturated rings. The minimum Gasteiger partial charge on any atom is -0.207 e. The van der Waals surface area contributed by atoms with Gasteiger partial charge in [0, 0.05) is 4.90 Å². The maximum atomic E-state index is 12.5. The number of rotatable bonds is 0. The van der Waals surface area contributed by atoms with Crippen LogP contribution < -0.4 is 0 Å². The Morgan fingerprint density at radius 2 is 2.11 bits per heavy atom. The third-order valence-electron chi connectivity index (χ3n) is 1.13. The number of benzene rings is 1. The van der Waals surface area contributed by atoms with Crippen LogP contribution in [0.25, 0.3) is 0 Å². The van der Waals surface area contributed by atoms with Crippen molar-refractivity contribution in [3.63, 3.8) is 0 Å². The summed E-state index contributed by atoms with van der Waals surface area (Å²) in [7, 11) is 0. The number of hydrogen-bond acceptors (Lipinski definition) is 0. The molecule has 0 N–H and O–H groups in total. The van der Waals surface area contributed by atoms with Gasteiger partial charge >= 0.3 is 0 Å². The van der Waals surface area contributed by atoms with Crippen molar-refractivity contribution in [1.29, 1.82) is 0 Å². The van der Waals surface area contributed by atoms with E-state index in [1.807, 2.05) is 0 Å². The fraction of sp³-hybridized carbons (Fsp3) is 0.143. The first-order valence-electron chi connectivity index (χ1n) is 2.63. The molecule has 0 amide bonds. The van der Waals surface area contributed by atoms with E-state index < -0.39 is 0 Å². The molecule has 0 aromatic heterocycles. The van der Waals surface area contributed by atoms with Crippen molar-refractivity contribution in [2.45, 2.75) is 11.8 Å². The lowest BCUT2D eigenvalue weighted by atomic mass is 10.2. The molecule has 2 heteroatoms. The van der Waals surface area contributed by atoms with Crippen molar-refractivity contribution in [1.82, 2.24) is 0 Å². The highest BCUT2D eigenvalue weighted by atomic mass is 32.1. The SMILES string of the molecule is Cc1cc([S])ccc1F. The van der Waals surface area contributed by atoms with Crippen LogP contribution in [0, 0.1) is 12.7 Å². The van der Waals surface area contributed by atoms with E-state index in [4.69, 9.17) is 12.6 Å². The smallest absolute Gasteiger partial charge is 0.126 e. The Labute approximate surface area is 59.1 Å². The number of aryl methyl sites for hydroxylation is 1. The molecule has 0 aliphatic heterocycles. The van der Waals surface area contributed by atoms with Gasteiger partial charge in [-0.25, -0.2) is 4.39 Å². The summed E-state index contributed by atoms with van der Waals surface area (Å²) in [6, 6.07) is 4.61. The van der Waals surface area contributed by atoms with Gasteiger partial charge in [-0.2, -0.15) is 0 Å². The van der Waals surface area contributed by atoms with Gasteiger partial charge in [-0.05, 0) is 30.7 Å². The van der Waals surface area contributed by atoms with Crippen LogP contribution in [0.2, 0.25) is 0 Å². The van der Waals surface area contributed by atoms with Gasteiger partial charge in [0.15, 0.2) is 0 Å². The normalized spacial score (nSPS) is 9.56. The lowest BCUT2D eigenvalue weighted by molar-refractivity contribution is 0.617. The van der Waals surface area contributed by atoms with Gasteiger partial charge in [0.25, 0.3) is 0 Å². The third-order valence-corrected chi connectivity index (χ3v) is 1.38. The zero-order chi connectivity index (χ0) is 6.85. The van der Waals surface area contributed by atoms with Crippen molar-refractivity contribution in [3.8, 4) is 0 Å².